The summed E-state index contributed by atoms with van der Waals surface area (Å²) in [4.78, 5) is 0. The van der Waals surface area contributed by atoms with Gasteiger partial charge < -0.3 is 9.47 Å². The maximum absolute atomic E-state index is 5.47. The average molecular weight is 220 g/mol. The Kier molecular flexibility index (Phi) is 3.49. The van der Waals surface area contributed by atoms with Crippen LogP contribution in [0.15, 0.2) is 24.3 Å². The minimum atomic E-state index is 0.324. The van der Waals surface area contributed by atoms with Crippen LogP contribution >= 0.6 is 0 Å². The molecule has 1 heterocycles. The van der Waals surface area contributed by atoms with E-state index in [1.807, 2.05) is 0 Å². The Morgan fingerprint density at radius 2 is 1.81 bits per heavy atom. The normalized spacial score (nSPS) is 19.4. The quantitative estimate of drug-likeness (QED) is 0.779. The molecule has 0 aliphatic carbocycles. The fourth-order valence-electron chi connectivity index (χ4n) is 2.55. The van der Waals surface area contributed by atoms with Gasteiger partial charge in [-0.2, -0.15) is 0 Å². The third-order valence-electron chi connectivity index (χ3n) is 3.83. The molecule has 1 fully saturated rings. The standard InChI is InChI=1S/C14H20O2/c1-3-14(8-10-16-11-9-14)12-4-6-13(15-2)7-5-12/h4-7H,3,8-11H2,1-2H3. The van der Waals surface area contributed by atoms with Gasteiger partial charge in [0, 0.05) is 13.2 Å². The van der Waals surface area contributed by atoms with Crippen LogP contribution in [0.25, 0.3) is 0 Å². The molecule has 0 atom stereocenters. The van der Waals surface area contributed by atoms with Crippen molar-refractivity contribution in [3.8, 4) is 5.75 Å². The van der Waals surface area contributed by atoms with Gasteiger partial charge in [0.15, 0.2) is 0 Å². The van der Waals surface area contributed by atoms with Crippen molar-refractivity contribution in [1.82, 2.24) is 0 Å². The van der Waals surface area contributed by atoms with Crippen LogP contribution in [-0.4, -0.2) is 20.3 Å². The van der Waals surface area contributed by atoms with Gasteiger partial charge in [0.1, 0.15) is 5.75 Å². The van der Waals surface area contributed by atoms with E-state index in [0.29, 0.717) is 5.41 Å². The maximum atomic E-state index is 5.47. The lowest BCUT2D eigenvalue weighted by atomic mass is 9.72. The monoisotopic (exact) mass is 220 g/mol. The average Bonchev–Trinajstić information content (AvgIpc) is 2.39. The molecule has 0 N–H and O–H groups in total. The topological polar surface area (TPSA) is 18.5 Å². The Morgan fingerprint density at radius 3 is 2.31 bits per heavy atom. The Labute approximate surface area is 97.6 Å². The van der Waals surface area contributed by atoms with Crippen molar-refractivity contribution in [1.29, 1.82) is 0 Å². The van der Waals surface area contributed by atoms with E-state index in [-0.39, 0.29) is 0 Å². The predicted octanol–water partition coefficient (Wildman–Crippen LogP) is 3.15. The van der Waals surface area contributed by atoms with Crippen LogP contribution < -0.4 is 4.74 Å². The number of methoxy groups -OCH3 is 1. The van der Waals surface area contributed by atoms with Crippen molar-refractivity contribution in [2.24, 2.45) is 0 Å². The van der Waals surface area contributed by atoms with Crippen LogP contribution in [0.4, 0.5) is 0 Å². The number of hydrogen-bond acceptors (Lipinski definition) is 2. The first-order valence-electron chi connectivity index (χ1n) is 6.03. The van der Waals surface area contributed by atoms with E-state index in [1.54, 1.807) is 7.11 Å². The molecule has 1 aromatic rings. The van der Waals surface area contributed by atoms with Gasteiger partial charge in [-0.3, -0.25) is 0 Å². The molecule has 0 amide bonds. The lowest BCUT2D eigenvalue weighted by Crippen LogP contribution is -2.33. The molecule has 0 bridgehead atoms. The summed E-state index contributed by atoms with van der Waals surface area (Å²) in [5.41, 5.74) is 1.75. The second kappa shape index (κ2) is 4.88. The fourth-order valence-corrected chi connectivity index (χ4v) is 2.55. The second-order valence-electron chi connectivity index (χ2n) is 4.47. The Bertz CT molecular complexity index is 323. The second-order valence-corrected chi connectivity index (χ2v) is 4.47. The van der Waals surface area contributed by atoms with E-state index >= 15 is 0 Å². The highest BCUT2D eigenvalue weighted by molar-refractivity contribution is 5.32. The summed E-state index contributed by atoms with van der Waals surface area (Å²) in [6.45, 7) is 4.05. The van der Waals surface area contributed by atoms with Crippen molar-refractivity contribution in [3.05, 3.63) is 29.8 Å². The lowest BCUT2D eigenvalue weighted by molar-refractivity contribution is 0.0485. The molecule has 88 valence electrons. The molecule has 1 aliphatic heterocycles. The molecule has 0 saturated carbocycles. The first-order chi connectivity index (χ1) is 7.80. The minimum Gasteiger partial charge on any atom is -0.497 e. The van der Waals surface area contributed by atoms with Crippen LogP contribution in [-0.2, 0) is 10.2 Å². The predicted molar refractivity (Wildman–Crippen MR) is 65.0 cm³/mol. The van der Waals surface area contributed by atoms with Gasteiger partial charge in [-0.1, -0.05) is 19.1 Å². The molecule has 1 aromatic carbocycles. The summed E-state index contributed by atoms with van der Waals surface area (Å²) in [5.74, 6) is 0.932. The van der Waals surface area contributed by atoms with Crippen LogP contribution in [0.3, 0.4) is 0 Å². The zero-order valence-corrected chi connectivity index (χ0v) is 10.2. The van der Waals surface area contributed by atoms with Gasteiger partial charge in [-0.25, -0.2) is 0 Å². The molecule has 2 heteroatoms. The Morgan fingerprint density at radius 1 is 1.19 bits per heavy atom. The summed E-state index contributed by atoms with van der Waals surface area (Å²) in [7, 11) is 1.71. The van der Waals surface area contributed by atoms with Crippen LogP contribution in [0.5, 0.6) is 5.75 Å². The summed E-state index contributed by atoms with van der Waals surface area (Å²) in [5, 5.41) is 0. The van der Waals surface area contributed by atoms with Crippen LogP contribution in [0, 0.1) is 0 Å². The third kappa shape index (κ3) is 2.07. The molecule has 16 heavy (non-hydrogen) atoms. The van der Waals surface area contributed by atoms with Crippen molar-refractivity contribution in [2.75, 3.05) is 20.3 Å². The summed E-state index contributed by atoms with van der Waals surface area (Å²) >= 11 is 0. The third-order valence-corrected chi connectivity index (χ3v) is 3.83. The van der Waals surface area contributed by atoms with E-state index in [2.05, 4.69) is 31.2 Å². The minimum absolute atomic E-state index is 0.324. The highest BCUT2D eigenvalue weighted by Crippen LogP contribution is 2.38. The molecule has 1 aliphatic rings. The van der Waals surface area contributed by atoms with Crippen molar-refractivity contribution < 1.29 is 9.47 Å². The van der Waals surface area contributed by atoms with Gasteiger partial charge in [0.2, 0.25) is 0 Å². The molecule has 0 aromatic heterocycles. The van der Waals surface area contributed by atoms with Gasteiger partial charge in [-0.15, -0.1) is 0 Å². The summed E-state index contributed by atoms with van der Waals surface area (Å²) in [6, 6.07) is 8.52. The Balaban J connectivity index is 2.24. The zero-order valence-electron chi connectivity index (χ0n) is 10.2. The maximum Gasteiger partial charge on any atom is 0.118 e. The highest BCUT2D eigenvalue weighted by atomic mass is 16.5. The van der Waals surface area contributed by atoms with Crippen LogP contribution in [0.1, 0.15) is 31.7 Å². The number of rotatable bonds is 3. The summed E-state index contributed by atoms with van der Waals surface area (Å²) in [6.07, 6.45) is 3.45. The number of hydrogen-bond donors (Lipinski definition) is 0. The fraction of sp³-hybridized carbons (Fsp3) is 0.571. The molecule has 0 radical (unpaired) electrons. The molecular weight excluding hydrogens is 200 g/mol. The zero-order chi connectivity index (χ0) is 11.4. The largest absolute Gasteiger partial charge is 0.497 e. The molecule has 1 saturated heterocycles. The van der Waals surface area contributed by atoms with E-state index < -0.39 is 0 Å². The van der Waals surface area contributed by atoms with E-state index in [9.17, 15) is 0 Å². The summed E-state index contributed by atoms with van der Waals surface area (Å²) < 4.78 is 10.7. The molecule has 0 unspecified atom stereocenters. The van der Waals surface area contributed by atoms with Crippen LogP contribution in [0.2, 0.25) is 0 Å². The van der Waals surface area contributed by atoms with E-state index in [4.69, 9.17) is 9.47 Å². The molecular formula is C14H20O2. The number of benzene rings is 1. The van der Waals surface area contributed by atoms with E-state index in [0.717, 1.165) is 31.8 Å². The van der Waals surface area contributed by atoms with Gasteiger partial charge in [0.05, 0.1) is 7.11 Å². The Hall–Kier alpha value is -1.02. The molecule has 2 rings (SSSR count). The van der Waals surface area contributed by atoms with Gasteiger partial charge in [-0.05, 0) is 42.4 Å². The molecule has 2 nitrogen and oxygen atoms in total. The first-order valence-corrected chi connectivity index (χ1v) is 6.03. The lowest BCUT2D eigenvalue weighted by Gasteiger charge is -2.37. The van der Waals surface area contributed by atoms with Crippen molar-refractivity contribution >= 4 is 0 Å². The van der Waals surface area contributed by atoms with Crippen molar-refractivity contribution in [2.45, 2.75) is 31.6 Å². The van der Waals surface area contributed by atoms with Crippen molar-refractivity contribution in [3.63, 3.8) is 0 Å². The SMILES string of the molecule is CCC1(c2ccc(OC)cc2)CCOCC1. The van der Waals surface area contributed by atoms with Gasteiger partial charge >= 0.3 is 0 Å². The van der Waals surface area contributed by atoms with E-state index in [1.165, 1.54) is 12.0 Å². The highest BCUT2D eigenvalue weighted by Gasteiger charge is 2.32. The smallest absolute Gasteiger partial charge is 0.118 e. The van der Waals surface area contributed by atoms with Gasteiger partial charge in [0.25, 0.3) is 0 Å². The molecule has 0 spiro atoms. The number of ether oxygens (including phenoxy) is 2. The first kappa shape index (κ1) is 11.5.